The molecule has 0 aliphatic heterocycles. The van der Waals surface area contributed by atoms with Gasteiger partial charge >= 0.3 is 0 Å². The highest BCUT2D eigenvalue weighted by atomic mass is 19.1. The number of halogens is 1. The van der Waals surface area contributed by atoms with Crippen LogP contribution in [0.1, 0.15) is 22.3 Å². The van der Waals surface area contributed by atoms with Gasteiger partial charge in [0.2, 0.25) is 0 Å². The molecule has 0 bridgehead atoms. The largest absolute Gasteiger partial charge is 0.308 e. The van der Waals surface area contributed by atoms with Crippen LogP contribution in [-0.4, -0.2) is 19.5 Å². The molecule has 0 saturated heterocycles. The zero-order chi connectivity index (χ0) is 43.7. The molecule has 0 saturated carbocycles. The second kappa shape index (κ2) is 16.1. The van der Waals surface area contributed by atoms with E-state index in [4.69, 9.17) is 15.0 Å². The lowest BCUT2D eigenvalue weighted by molar-refractivity contribution is 0.631. The third kappa shape index (κ3) is 7.04. The summed E-state index contributed by atoms with van der Waals surface area (Å²) >= 11 is 0. The molecule has 2 heterocycles. The van der Waals surface area contributed by atoms with Gasteiger partial charge in [0.05, 0.1) is 63.3 Å². The van der Waals surface area contributed by atoms with E-state index in [1.807, 2.05) is 115 Å². The van der Waals surface area contributed by atoms with Crippen molar-refractivity contribution in [2.75, 3.05) is 0 Å². The van der Waals surface area contributed by atoms with Crippen molar-refractivity contribution in [3.63, 3.8) is 0 Å². The Balaban J connectivity index is 1.33. The average molecular weight is 821 g/mol. The van der Waals surface area contributed by atoms with Gasteiger partial charge in [-0.3, -0.25) is 0 Å². The van der Waals surface area contributed by atoms with E-state index in [-0.39, 0.29) is 5.82 Å². The molecule has 10 rings (SSSR count). The van der Waals surface area contributed by atoms with E-state index in [1.54, 1.807) is 54.6 Å². The maximum Gasteiger partial charge on any atom is 0.166 e. The topological polar surface area (TPSA) is 139 Å². The SMILES string of the molecule is N#Cc1cc(C#N)cc(-c2ccc3c4ccc(-c5cc(C#N)cc(C#N)c5)cc4n(-c4cc(-c5ccccc5F)ccc4-c4nc(-c5ccccc5)nc(-c5ccccc5)n4)c3c2)c1. The average Bonchev–Trinajstić information content (AvgIpc) is 3.69. The Kier molecular flexibility index (Phi) is 9.75. The van der Waals surface area contributed by atoms with Crippen LogP contribution in [0.4, 0.5) is 4.39 Å². The Morgan fingerprint density at radius 3 is 1.27 bits per heavy atom. The molecule has 0 atom stereocenters. The lowest BCUT2D eigenvalue weighted by atomic mass is 9.98. The van der Waals surface area contributed by atoms with Gasteiger partial charge < -0.3 is 4.57 Å². The van der Waals surface area contributed by atoms with Gasteiger partial charge in [-0.15, -0.1) is 0 Å². The standard InChI is InChI=1S/C55H29FN8/c56-49-14-8-7-13-45(49)42-17-20-48(55-62-53(38-9-3-1-4-10-38)61-54(63-55)39-11-5-2-6-12-39)52(29-42)64-50-27-40(43-23-34(30-57)21-35(24-43)31-58)15-18-46(50)47-19-16-41(28-51(47)64)44-25-36(32-59)22-37(26-44)33-60/h1-29H. The summed E-state index contributed by atoms with van der Waals surface area (Å²) in [5.41, 5.74) is 9.71. The van der Waals surface area contributed by atoms with Crippen LogP contribution < -0.4 is 0 Å². The van der Waals surface area contributed by atoms with Crippen LogP contribution in [-0.2, 0) is 0 Å². The molecule has 0 spiro atoms. The second-order valence-corrected chi connectivity index (χ2v) is 15.1. The summed E-state index contributed by atoms with van der Waals surface area (Å²) in [7, 11) is 0. The molecular formula is C55H29FN8. The monoisotopic (exact) mass is 820 g/mol. The van der Waals surface area contributed by atoms with E-state index < -0.39 is 0 Å². The van der Waals surface area contributed by atoms with Crippen molar-refractivity contribution in [3.8, 4) is 97.5 Å². The van der Waals surface area contributed by atoms with E-state index in [0.29, 0.717) is 73.2 Å². The van der Waals surface area contributed by atoms with Crippen molar-refractivity contribution < 1.29 is 4.39 Å². The molecule has 8 nitrogen and oxygen atoms in total. The first kappa shape index (κ1) is 38.6. The van der Waals surface area contributed by atoms with Gasteiger partial charge in [0.1, 0.15) is 5.82 Å². The van der Waals surface area contributed by atoms with Gasteiger partial charge in [-0.05, 0) is 94.5 Å². The third-order valence-electron chi connectivity index (χ3n) is 11.2. The van der Waals surface area contributed by atoms with Crippen molar-refractivity contribution in [1.29, 1.82) is 21.0 Å². The molecule has 0 N–H and O–H groups in total. The molecule has 0 unspecified atom stereocenters. The van der Waals surface area contributed by atoms with E-state index in [2.05, 4.69) is 28.8 Å². The van der Waals surface area contributed by atoms with Gasteiger partial charge in [-0.25, -0.2) is 19.3 Å². The highest BCUT2D eigenvalue weighted by molar-refractivity contribution is 6.12. The molecule has 8 aromatic carbocycles. The molecular weight excluding hydrogens is 792 g/mol. The Morgan fingerprint density at radius 1 is 0.359 bits per heavy atom. The Bertz CT molecular complexity index is 3420. The van der Waals surface area contributed by atoms with Gasteiger partial charge in [0, 0.05) is 33.0 Å². The summed E-state index contributed by atoms with van der Waals surface area (Å²) in [6.45, 7) is 0. The summed E-state index contributed by atoms with van der Waals surface area (Å²) in [5, 5.41) is 41.4. The number of fused-ring (bicyclic) bond motifs is 3. The summed E-state index contributed by atoms with van der Waals surface area (Å²) in [6.07, 6.45) is 0. The first-order valence-electron chi connectivity index (χ1n) is 20.2. The first-order chi connectivity index (χ1) is 31.4. The number of hydrogen-bond acceptors (Lipinski definition) is 7. The molecule has 0 radical (unpaired) electrons. The Morgan fingerprint density at radius 2 is 0.797 bits per heavy atom. The normalized spacial score (nSPS) is 10.8. The van der Waals surface area contributed by atoms with Crippen LogP contribution in [0.15, 0.2) is 176 Å². The smallest absolute Gasteiger partial charge is 0.166 e. The van der Waals surface area contributed by atoms with Crippen LogP contribution >= 0.6 is 0 Å². The maximum absolute atomic E-state index is 15.8. The number of benzene rings is 8. The minimum absolute atomic E-state index is 0.355. The molecule has 9 heteroatoms. The molecule has 0 fully saturated rings. The minimum Gasteiger partial charge on any atom is -0.308 e. The predicted octanol–water partition coefficient (Wildman–Crippen LogP) is 12.6. The lowest BCUT2D eigenvalue weighted by Crippen LogP contribution is -2.04. The third-order valence-corrected chi connectivity index (χ3v) is 11.2. The Hall–Kier alpha value is -9.54. The first-order valence-corrected chi connectivity index (χ1v) is 20.2. The van der Waals surface area contributed by atoms with Crippen LogP contribution in [0.25, 0.3) is 95.0 Å². The van der Waals surface area contributed by atoms with E-state index in [1.165, 1.54) is 6.07 Å². The highest BCUT2D eigenvalue weighted by Gasteiger charge is 2.22. The van der Waals surface area contributed by atoms with Crippen molar-refractivity contribution in [1.82, 2.24) is 19.5 Å². The van der Waals surface area contributed by atoms with E-state index in [0.717, 1.165) is 44.1 Å². The van der Waals surface area contributed by atoms with Crippen molar-refractivity contribution in [2.45, 2.75) is 0 Å². The number of hydrogen-bond donors (Lipinski definition) is 0. The fourth-order valence-corrected chi connectivity index (χ4v) is 8.18. The maximum atomic E-state index is 15.8. The van der Waals surface area contributed by atoms with Crippen molar-refractivity contribution in [3.05, 3.63) is 204 Å². The highest BCUT2D eigenvalue weighted by Crippen LogP contribution is 2.41. The molecule has 10 aromatic rings. The quantitative estimate of drug-likeness (QED) is 0.156. The van der Waals surface area contributed by atoms with Gasteiger partial charge in [-0.1, -0.05) is 109 Å². The summed E-state index contributed by atoms with van der Waals surface area (Å²) in [6, 6.07) is 62.6. The van der Waals surface area contributed by atoms with Crippen molar-refractivity contribution >= 4 is 21.8 Å². The number of nitriles is 4. The van der Waals surface area contributed by atoms with Gasteiger partial charge in [-0.2, -0.15) is 21.0 Å². The molecule has 0 aliphatic rings. The molecule has 296 valence electrons. The van der Waals surface area contributed by atoms with Crippen LogP contribution in [0, 0.1) is 51.1 Å². The van der Waals surface area contributed by atoms with Crippen molar-refractivity contribution in [2.24, 2.45) is 0 Å². The molecule has 0 aliphatic carbocycles. The zero-order valence-corrected chi connectivity index (χ0v) is 33.7. The fraction of sp³-hybridized carbons (Fsp3) is 0. The second-order valence-electron chi connectivity index (χ2n) is 15.1. The van der Waals surface area contributed by atoms with Crippen LogP contribution in [0.2, 0.25) is 0 Å². The summed E-state index contributed by atoms with van der Waals surface area (Å²) < 4.78 is 17.9. The summed E-state index contributed by atoms with van der Waals surface area (Å²) in [5.74, 6) is 0.932. The van der Waals surface area contributed by atoms with Gasteiger partial charge in [0.15, 0.2) is 17.5 Å². The number of aromatic nitrogens is 4. The fourth-order valence-electron chi connectivity index (χ4n) is 8.18. The van der Waals surface area contributed by atoms with E-state index in [9.17, 15) is 21.0 Å². The predicted molar refractivity (Wildman–Crippen MR) is 246 cm³/mol. The minimum atomic E-state index is -0.387. The molecule has 64 heavy (non-hydrogen) atoms. The molecule has 0 amide bonds. The summed E-state index contributed by atoms with van der Waals surface area (Å²) in [4.78, 5) is 15.2. The lowest BCUT2D eigenvalue weighted by Gasteiger charge is -2.17. The number of nitrogens with zero attached hydrogens (tertiary/aromatic N) is 8. The van der Waals surface area contributed by atoms with Gasteiger partial charge in [0.25, 0.3) is 0 Å². The zero-order valence-electron chi connectivity index (χ0n) is 33.7. The number of rotatable bonds is 7. The molecule has 2 aromatic heterocycles. The Labute approximate surface area is 366 Å². The van der Waals surface area contributed by atoms with Crippen LogP contribution in [0.5, 0.6) is 0 Å². The van der Waals surface area contributed by atoms with E-state index >= 15 is 4.39 Å². The van der Waals surface area contributed by atoms with Crippen LogP contribution in [0.3, 0.4) is 0 Å².